The van der Waals surface area contributed by atoms with Crippen molar-refractivity contribution in [2.24, 2.45) is 0 Å². The van der Waals surface area contributed by atoms with Crippen molar-refractivity contribution < 1.29 is 28.4 Å². The van der Waals surface area contributed by atoms with Crippen LogP contribution < -0.4 is 19.9 Å². The first kappa shape index (κ1) is 23.9. The Morgan fingerprint density at radius 3 is 1.45 bits per heavy atom. The Morgan fingerprint density at radius 2 is 1.10 bits per heavy atom. The van der Waals surface area contributed by atoms with E-state index >= 15 is 0 Å². The number of hydrogen-bond acceptors (Lipinski definition) is 6. The number of carbonyl (C=O) groups excluding carboxylic acids is 2. The highest BCUT2D eigenvalue weighted by Gasteiger charge is 2.06. The van der Waals surface area contributed by atoms with Crippen molar-refractivity contribution in [1.29, 1.82) is 0 Å². The average molecular weight is 428 g/mol. The van der Waals surface area contributed by atoms with Crippen molar-refractivity contribution in [2.75, 3.05) is 23.8 Å². The highest BCUT2D eigenvalue weighted by molar-refractivity contribution is 6.20. The summed E-state index contributed by atoms with van der Waals surface area (Å²) in [5, 5.41) is 5.31. The van der Waals surface area contributed by atoms with Gasteiger partial charge in [0, 0.05) is 11.4 Å². The summed E-state index contributed by atoms with van der Waals surface area (Å²) < 4.78 is 21.2. The van der Waals surface area contributed by atoms with Crippen molar-refractivity contribution in [1.82, 2.24) is 0 Å². The van der Waals surface area contributed by atoms with Crippen LogP contribution >= 0.6 is 0 Å². The van der Waals surface area contributed by atoms with Crippen molar-refractivity contribution in [3.63, 3.8) is 0 Å². The number of carbonyl (C=O) groups is 2. The van der Waals surface area contributed by atoms with Crippen molar-refractivity contribution in [3.8, 4) is 11.5 Å². The lowest BCUT2D eigenvalue weighted by atomic mass is 10.2. The molecule has 0 saturated heterocycles. The first-order valence-corrected chi connectivity index (χ1v) is 10.4. The van der Waals surface area contributed by atoms with Gasteiger partial charge in [-0.3, -0.25) is 10.6 Å². The zero-order valence-corrected chi connectivity index (χ0v) is 18.0. The third-order valence-electron chi connectivity index (χ3n) is 4.11. The second kappa shape index (κ2) is 13.8. The van der Waals surface area contributed by atoms with Gasteiger partial charge in [0.15, 0.2) is 0 Å². The van der Waals surface area contributed by atoms with E-state index in [1.807, 2.05) is 13.8 Å². The number of anilines is 2. The fourth-order valence-corrected chi connectivity index (χ4v) is 2.36. The molecule has 2 aromatic carbocycles. The van der Waals surface area contributed by atoms with E-state index in [-0.39, 0.29) is 7.69 Å². The number of hydrogen-bond donors (Lipinski definition) is 2. The van der Waals surface area contributed by atoms with E-state index in [0.29, 0.717) is 36.1 Å². The molecule has 2 aromatic rings. The molecule has 9 heteroatoms. The van der Waals surface area contributed by atoms with Crippen LogP contribution in [0, 0.1) is 0 Å². The molecule has 2 N–H and O–H groups in total. The normalized spacial score (nSPS) is 10.0. The van der Waals surface area contributed by atoms with E-state index in [4.69, 9.17) is 18.8 Å². The van der Waals surface area contributed by atoms with Crippen LogP contribution in [-0.4, -0.2) is 33.1 Å². The molecule has 0 unspecified atom stereocenters. The Balaban J connectivity index is 1.69. The van der Waals surface area contributed by atoms with Gasteiger partial charge in [0.25, 0.3) is 0 Å². The lowest BCUT2D eigenvalue weighted by Gasteiger charge is -2.10. The summed E-state index contributed by atoms with van der Waals surface area (Å²) in [7, 11) is 0.0116. The Hall–Kier alpha value is -3.36. The van der Waals surface area contributed by atoms with Gasteiger partial charge in [-0.1, -0.05) is 26.7 Å². The molecule has 0 bridgehead atoms. The second-order valence-electron chi connectivity index (χ2n) is 6.68. The maximum Gasteiger partial charge on any atom is 0.576 e. The highest BCUT2D eigenvalue weighted by atomic mass is 16.6. The Kier molecular flexibility index (Phi) is 10.6. The number of amides is 2. The smallest absolute Gasteiger partial charge is 0.529 e. The van der Waals surface area contributed by atoms with E-state index < -0.39 is 12.2 Å². The average Bonchev–Trinajstić information content (AvgIpc) is 2.76. The molecular formula is C22H29BN2O6. The molecule has 0 aliphatic heterocycles. The van der Waals surface area contributed by atoms with Crippen LogP contribution in [-0.2, 0) is 9.47 Å². The Bertz CT molecular complexity index is 731. The third-order valence-corrected chi connectivity index (χ3v) is 4.11. The van der Waals surface area contributed by atoms with Gasteiger partial charge in [0.05, 0.1) is 13.2 Å². The summed E-state index contributed by atoms with van der Waals surface area (Å²) in [6.45, 7) is 4.87. The fourth-order valence-electron chi connectivity index (χ4n) is 2.36. The molecule has 0 aliphatic rings. The summed E-state index contributed by atoms with van der Waals surface area (Å²) in [6, 6.07) is 13.8. The molecule has 166 valence electrons. The number of ether oxygens (including phenoxy) is 2. The fraction of sp³-hybridized carbons (Fsp3) is 0.364. The molecule has 0 atom stereocenters. The highest BCUT2D eigenvalue weighted by Crippen LogP contribution is 2.18. The molecule has 2 amide bonds. The number of rotatable bonds is 12. The van der Waals surface area contributed by atoms with Gasteiger partial charge in [-0.2, -0.15) is 0 Å². The van der Waals surface area contributed by atoms with Crippen LogP contribution in [0.15, 0.2) is 48.5 Å². The predicted octanol–water partition coefficient (Wildman–Crippen LogP) is 5.11. The third kappa shape index (κ3) is 9.80. The maximum atomic E-state index is 11.6. The van der Waals surface area contributed by atoms with Crippen molar-refractivity contribution in [3.05, 3.63) is 48.5 Å². The van der Waals surface area contributed by atoms with E-state index in [1.165, 1.54) is 0 Å². The van der Waals surface area contributed by atoms with E-state index in [1.54, 1.807) is 48.5 Å². The van der Waals surface area contributed by atoms with Gasteiger partial charge < -0.3 is 18.8 Å². The van der Waals surface area contributed by atoms with Crippen LogP contribution in [0.2, 0.25) is 0 Å². The quantitative estimate of drug-likeness (QED) is 0.361. The van der Waals surface area contributed by atoms with Gasteiger partial charge in [-0.05, 0) is 61.4 Å². The summed E-state index contributed by atoms with van der Waals surface area (Å²) in [4.78, 5) is 23.3. The number of nitrogens with one attached hydrogen (secondary N) is 2. The Morgan fingerprint density at radius 1 is 0.710 bits per heavy atom. The molecule has 8 nitrogen and oxygen atoms in total. The zero-order chi connectivity index (χ0) is 22.3. The summed E-state index contributed by atoms with van der Waals surface area (Å²) in [6.07, 6.45) is 2.66. The summed E-state index contributed by atoms with van der Waals surface area (Å²) in [5.41, 5.74) is 1.23. The van der Waals surface area contributed by atoms with Crippen LogP contribution in [0.5, 0.6) is 11.5 Å². The largest absolute Gasteiger partial charge is 0.576 e. The first-order chi connectivity index (χ1) is 15.1. The van der Waals surface area contributed by atoms with Crippen LogP contribution in [0.25, 0.3) is 0 Å². The van der Waals surface area contributed by atoms with Gasteiger partial charge in [0.2, 0.25) is 0 Å². The molecule has 0 spiro atoms. The molecule has 0 saturated carbocycles. The molecule has 31 heavy (non-hydrogen) atoms. The zero-order valence-electron chi connectivity index (χ0n) is 18.0. The number of unbranched alkanes of at least 4 members (excludes halogenated alkanes) is 2. The lowest BCUT2D eigenvalue weighted by molar-refractivity contribution is 0.159. The summed E-state index contributed by atoms with van der Waals surface area (Å²) >= 11 is 0. The van der Waals surface area contributed by atoms with Gasteiger partial charge in [0.1, 0.15) is 11.5 Å². The van der Waals surface area contributed by atoms with Crippen LogP contribution in [0.4, 0.5) is 21.0 Å². The monoisotopic (exact) mass is 428 g/mol. The van der Waals surface area contributed by atoms with Crippen LogP contribution in [0.1, 0.15) is 39.5 Å². The van der Waals surface area contributed by atoms with E-state index in [0.717, 1.165) is 25.7 Å². The number of benzene rings is 2. The Labute approximate surface area is 183 Å². The predicted molar refractivity (Wildman–Crippen MR) is 121 cm³/mol. The minimum absolute atomic E-state index is 0.0116. The van der Waals surface area contributed by atoms with Crippen molar-refractivity contribution >= 4 is 31.2 Å². The second-order valence-corrected chi connectivity index (χ2v) is 6.68. The van der Waals surface area contributed by atoms with E-state index in [9.17, 15) is 9.59 Å². The standard InChI is InChI=1S/C22H29BN2O6/c1-3-5-15-28-21(26)24-17-7-11-19(12-8-17)30-23-31-20-13-9-18(10-14-20)25-22(27)29-16-6-4-2/h7-14,23H,3-6,15-16H2,1-2H3,(H,24,26)(H,25,27). The summed E-state index contributed by atoms with van der Waals surface area (Å²) in [5.74, 6) is 1.19. The van der Waals surface area contributed by atoms with Gasteiger partial charge >= 0.3 is 19.9 Å². The molecule has 0 aromatic heterocycles. The molecule has 0 heterocycles. The van der Waals surface area contributed by atoms with Crippen LogP contribution in [0.3, 0.4) is 0 Å². The lowest BCUT2D eigenvalue weighted by Crippen LogP contribution is -2.15. The van der Waals surface area contributed by atoms with Gasteiger partial charge in [-0.25, -0.2) is 9.59 Å². The van der Waals surface area contributed by atoms with Gasteiger partial charge in [-0.15, -0.1) is 0 Å². The minimum atomic E-state index is -0.474. The molecule has 0 aliphatic carbocycles. The molecular weight excluding hydrogens is 399 g/mol. The topological polar surface area (TPSA) is 95.1 Å². The molecule has 2 rings (SSSR count). The van der Waals surface area contributed by atoms with E-state index in [2.05, 4.69) is 10.6 Å². The van der Waals surface area contributed by atoms with Crippen molar-refractivity contribution in [2.45, 2.75) is 39.5 Å². The molecule has 0 radical (unpaired) electrons. The minimum Gasteiger partial charge on any atom is -0.529 e. The SMILES string of the molecule is CCCCOC(=O)Nc1ccc(OBOc2ccc(NC(=O)OCCCC)cc2)cc1. The maximum absolute atomic E-state index is 11.6. The first-order valence-electron chi connectivity index (χ1n) is 10.4. The molecule has 0 fully saturated rings.